The molecule has 0 spiro atoms. The average molecular weight is 409 g/mol. The fraction of sp³-hybridized carbons (Fsp3) is 0.292. The van der Waals surface area contributed by atoms with Crippen LogP contribution in [0.1, 0.15) is 18.4 Å². The van der Waals surface area contributed by atoms with Crippen LogP contribution >= 0.6 is 0 Å². The predicted molar refractivity (Wildman–Crippen MR) is 116 cm³/mol. The summed E-state index contributed by atoms with van der Waals surface area (Å²) in [5.41, 5.74) is 2.68. The lowest BCUT2D eigenvalue weighted by atomic mass is 10.0. The van der Waals surface area contributed by atoms with E-state index in [1.54, 1.807) is 24.3 Å². The van der Waals surface area contributed by atoms with Crippen LogP contribution in [0.5, 0.6) is 5.75 Å². The van der Waals surface area contributed by atoms with Gasteiger partial charge in [0, 0.05) is 24.2 Å². The molecule has 0 atom stereocenters. The number of aryl methyl sites for hydroxylation is 1. The zero-order chi connectivity index (χ0) is 21.1. The second kappa shape index (κ2) is 8.79. The summed E-state index contributed by atoms with van der Waals surface area (Å²) in [6, 6.07) is 12.8. The molecule has 0 bridgehead atoms. The normalized spacial score (nSPS) is 14.2. The number of aromatic hydroxyl groups is 1. The largest absolute Gasteiger partial charge is 0.507 e. The molecule has 1 saturated heterocycles. The average Bonchev–Trinajstić information content (AvgIpc) is 3.25. The Morgan fingerprint density at radius 1 is 1.03 bits per heavy atom. The van der Waals surface area contributed by atoms with Crippen molar-refractivity contribution < 1.29 is 13.9 Å². The maximum atomic E-state index is 14.5. The Bertz CT molecular complexity index is 1030. The van der Waals surface area contributed by atoms with Gasteiger partial charge in [-0.1, -0.05) is 23.8 Å². The number of pyridine rings is 1. The second-order valence-corrected chi connectivity index (χ2v) is 7.72. The minimum absolute atomic E-state index is 0.0907. The highest BCUT2D eigenvalue weighted by atomic mass is 19.2. The Morgan fingerprint density at radius 2 is 1.83 bits per heavy atom. The molecule has 0 amide bonds. The van der Waals surface area contributed by atoms with E-state index < -0.39 is 11.6 Å². The number of phenolic OH excluding ortho intramolecular Hbond substituents is 1. The van der Waals surface area contributed by atoms with E-state index in [1.165, 1.54) is 18.9 Å². The Hall–Kier alpha value is -2.99. The van der Waals surface area contributed by atoms with Crippen LogP contribution in [-0.4, -0.2) is 41.2 Å². The highest BCUT2D eigenvalue weighted by Crippen LogP contribution is 2.34. The molecule has 2 aromatic carbocycles. The predicted octanol–water partition coefficient (Wildman–Crippen LogP) is 5.22. The number of hydrogen-bond donors (Lipinski definition) is 2. The second-order valence-electron chi connectivity index (χ2n) is 7.72. The van der Waals surface area contributed by atoms with Gasteiger partial charge in [-0.3, -0.25) is 0 Å². The van der Waals surface area contributed by atoms with Crippen LogP contribution in [-0.2, 0) is 0 Å². The number of rotatable bonds is 6. The number of nitrogens with zero attached hydrogens (tertiary/aromatic N) is 2. The summed E-state index contributed by atoms with van der Waals surface area (Å²) in [4.78, 5) is 7.03. The van der Waals surface area contributed by atoms with Gasteiger partial charge in [-0.15, -0.1) is 0 Å². The summed E-state index contributed by atoms with van der Waals surface area (Å²) >= 11 is 0. The van der Waals surface area contributed by atoms with Gasteiger partial charge in [0.15, 0.2) is 11.6 Å². The van der Waals surface area contributed by atoms with E-state index in [0.717, 1.165) is 31.3 Å². The van der Waals surface area contributed by atoms with Crippen LogP contribution in [0, 0.1) is 18.6 Å². The van der Waals surface area contributed by atoms with E-state index in [9.17, 15) is 13.9 Å². The van der Waals surface area contributed by atoms with Crippen LogP contribution in [0.25, 0.3) is 22.4 Å². The van der Waals surface area contributed by atoms with Gasteiger partial charge in [-0.25, -0.2) is 13.8 Å². The molecule has 2 N–H and O–H groups in total. The maximum absolute atomic E-state index is 14.5. The molecule has 1 fully saturated rings. The van der Waals surface area contributed by atoms with Crippen LogP contribution in [0.2, 0.25) is 0 Å². The number of halogens is 2. The molecule has 1 aliphatic heterocycles. The fourth-order valence-electron chi connectivity index (χ4n) is 3.84. The molecule has 4 nitrogen and oxygen atoms in total. The third-order valence-electron chi connectivity index (χ3n) is 5.45. The molecule has 0 aliphatic carbocycles. The summed E-state index contributed by atoms with van der Waals surface area (Å²) in [7, 11) is 0. The molecule has 156 valence electrons. The van der Waals surface area contributed by atoms with E-state index in [2.05, 4.69) is 15.2 Å². The van der Waals surface area contributed by atoms with Gasteiger partial charge in [-0.05, 0) is 68.8 Å². The van der Waals surface area contributed by atoms with E-state index >= 15 is 0 Å². The summed E-state index contributed by atoms with van der Waals surface area (Å²) in [6.07, 6.45) is 2.45. The van der Waals surface area contributed by atoms with E-state index in [4.69, 9.17) is 0 Å². The monoisotopic (exact) mass is 409 g/mol. The van der Waals surface area contributed by atoms with Crippen molar-refractivity contribution in [1.82, 2.24) is 9.88 Å². The Kier molecular flexibility index (Phi) is 5.95. The molecular weight excluding hydrogens is 384 g/mol. The van der Waals surface area contributed by atoms with Crippen LogP contribution in [0.15, 0.2) is 48.5 Å². The number of phenols is 1. The first-order valence-electron chi connectivity index (χ1n) is 10.2. The van der Waals surface area contributed by atoms with Crippen molar-refractivity contribution in [2.75, 3.05) is 31.5 Å². The van der Waals surface area contributed by atoms with Crippen molar-refractivity contribution in [3.63, 3.8) is 0 Å². The van der Waals surface area contributed by atoms with Crippen molar-refractivity contribution in [2.45, 2.75) is 19.8 Å². The molecule has 1 aromatic heterocycles. The molecule has 4 rings (SSSR count). The van der Waals surface area contributed by atoms with Gasteiger partial charge in [0.25, 0.3) is 0 Å². The van der Waals surface area contributed by atoms with E-state index in [0.29, 0.717) is 29.2 Å². The molecule has 6 heteroatoms. The zero-order valence-electron chi connectivity index (χ0n) is 17.0. The van der Waals surface area contributed by atoms with Crippen molar-refractivity contribution in [3.05, 3.63) is 65.7 Å². The van der Waals surface area contributed by atoms with Crippen LogP contribution in [0.4, 0.5) is 14.6 Å². The number of anilines is 1. The number of benzene rings is 2. The first kappa shape index (κ1) is 20.3. The smallest absolute Gasteiger partial charge is 0.166 e. The van der Waals surface area contributed by atoms with Crippen LogP contribution in [0.3, 0.4) is 0 Å². The standard InChI is InChI=1S/C24H25F2N3O/c1-16-7-8-22(30)19(13-16)21-14-17(18-5-4-6-20(25)24(18)26)15-23(28-21)27-9-12-29-10-2-3-11-29/h4-8,13-15,30H,2-3,9-12H2,1H3,(H,27,28). The van der Waals surface area contributed by atoms with Crippen molar-refractivity contribution in [3.8, 4) is 28.1 Å². The third kappa shape index (κ3) is 4.44. The summed E-state index contributed by atoms with van der Waals surface area (Å²) < 4.78 is 28.3. The molecule has 30 heavy (non-hydrogen) atoms. The molecule has 0 unspecified atom stereocenters. The number of hydrogen-bond acceptors (Lipinski definition) is 4. The first-order valence-corrected chi connectivity index (χ1v) is 10.2. The lowest BCUT2D eigenvalue weighted by Crippen LogP contribution is -2.26. The fourth-order valence-corrected chi connectivity index (χ4v) is 3.84. The maximum Gasteiger partial charge on any atom is 0.166 e. The molecular formula is C24H25F2N3O. The molecule has 2 heterocycles. The van der Waals surface area contributed by atoms with Crippen molar-refractivity contribution in [1.29, 1.82) is 0 Å². The molecule has 3 aromatic rings. The van der Waals surface area contributed by atoms with Crippen molar-refractivity contribution in [2.24, 2.45) is 0 Å². The lowest BCUT2D eigenvalue weighted by Gasteiger charge is -2.16. The molecule has 0 saturated carbocycles. The molecule has 0 radical (unpaired) electrons. The topological polar surface area (TPSA) is 48.4 Å². The zero-order valence-corrected chi connectivity index (χ0v) is 17.0. The van der Waals surface area contributed by atoms with Gasteiger partial charge in [0.1, 0.15) is 11.6 Å². The first-order chi connectivity index (χ1) is 14.5. The number of likely N-dealkylation sites (tertiary alicyclic amines) is 1. The van der Waals surface area contributed by atoms with Gasteiger partial charge < -0.3 is 15.3 Å². The lowest BCUT2D eigenvalue weighted by molar-refractivity contribution is 0.352. The SMILES string of the molecule is Cc1ccc(O)c(-c2cc(-c3cccc(F)c3F)cc(NCCN3CCCC3)n2)c1. The Morgan fingerprint density at radius 3 is 2.63 bits per heavy atom. The van der Waals surface area contributed by atoms with E-state index in [1.807, 2.05) is 19.1 Å². The Balaban J connectivity index is 1.71. The Labute approximate surface area is 175 Å². The molecule has 1 aliphatic rings. The van der Waals surface area contributed by atoms with Gasteiger partial charge in [0.2, 0.25) is 0 Å². The number of nitrogens with one attached hydrogen (secondary N) is 1. The van der Waals surface area contributed by atoms with Crippen LogP contribution < -0.4 is 5.32 Å². The summed E-state index contributed by atoms with van der Waals surface area (Å²) in [5, 5.41) is 13.7. The number of aromatic nitrogens is 1. The van der Waals surface area contributed by atoms with Gasteiger partial charge in [0.05, 0.1) is 5.69 Å². The highest BCUT2D eigenvalue weighted by molar-refractivity contribution is 5.76. The van der Waals surface area contributed by atoms with Gasteiger partial charge >= 0.3 is 0 Å². The summed E-state index contributed by atoms with van der Waals surface area (Å²) in [6.45, 7) is 5.72. The van der Waals surface area contributed by atoms with Gasteiger partial charge in [-0.2, -0.15) is 0 Å². The van der Waals surface area contributed by atoms with E-state index in [-0.39, 0.29) is 11.3 Å². The van der Waals surface area contributed by atoms with Crippen molar-refractivity contribution >= 4 is 5.82 Å². The minimum atomic E-state index is -0.897. The minimum Gasteiger partial charge on any atom is -0.507 e. The summed E-state index contributed by atoms with van der Waals surface area (Å²) in [5.74, 6) is -1.14. The third-order valence-corrected chi connectivity index (χ3v) is 5.45. The quantitative estimate of drug-likeness (QED) is 0.586. The highest BCUT2D eigenvalue weighted by Gasteiger charge is 2.15.